The van der Waals surface area contributed by atoms with Crippen molar-refractivity contribution < 1.29 is 9.18 Å². The number of benzene rings is 2. The monoisotopic (exact) mass is 370 g/mol. The Balaban J connectivity index is 1.57. The Morgan fingerprint density at radius 3 is 2.54 bits per heavy atom. The zero-order chi connectivity index (χ0) is 17.9. The number of nitrogens with zero attached hydrogens (tertiary/aromatic N) is 1. The lowest BCUT2D eigenvalue weighted by Gasteiger charge is -2.28. The van der Waals surface area contributed by atoms with Crippen LogP contribution in [0.1, 0.15) is 30.1 Å². The molecular weight excluding hydrogens is 347 g/mol. The Hall–Kier alpha value is -1.85. The van der Waals surface area contributed by atoms with Crippen LogP contribution in [0, 0.1) is 5.82 Å². The summed E-state index contributed by atoms with van der Waals surface area (Å²) in [6.07, 6.45) is 3.39. The zero-order valence-electron chi connectivity index (χ0n) is 14.6. The molecule has 2 heterocycles. The lowest BCUT2D eigenvalue weighted by molar-refractivity contribution is -0.131. The number of halogens is 1. The van der Waals surface area contributed by atoms with E-state index < -0.39 is 0 Å². The second kappa shape index (κ2) is 7.80. The van der Waals surface area contributed by atoms with Gasteiger partial charge >= 0.3 is 0 Å². The average Bonchev–Trinajstić information content (AvgIpc) is 3.00. The Morgan fingerprint density at radius 1 is 1.04 bits per heavy atom. The quantitative estimate of drug-likeness (QED) is 0.826. The van der Waals surface area contributed by atoms with E-state index in [0.717, 1.165) is 36.4 Å². The predicted molar refractivity (Wildman–Crippen MR) is 103 cm³/mol. The van der Waals surface area contributed by atoms with Crippen LogP contribution < -0.4 is 5.32 Å². The molecule has 0 aromatic heterocycles. The van der Waals surface area contributed by atoms with E-state index in [1.807, 2.05) is 35.2 Å². The molecule has 0 saturated carbocycles. The second-order valence-corrected chi connectivity index (χ2v) is 8.25. The highest BCUT2D eigenvalue weighted by atomic mass is 32.2. The minimum absolute atomic E-state index is 0.153. The zero-order valence-corrected chi connectivity index (χ0v) is 15.4. The van der Waals surface area contributed by atoms with Crippen LogP contribution in [0.4, 0.5) is 4.39 Å². The van der Waals surface area contributed by atoms with Gasteiger partial charge in [-0.15, -0.1) is 11.8 Å². The van der Waals surface area contributed by atoms with E-state index >= 15 is 0 Å². The molecule has 5 heteroatoms. The van der Waals surface area contributed by atoms with Crippen molar-refractivity contribution in [1.29, 1.82) is 0 Å². The fourth-order valence-corrected chi connectivity index (χ4v) is 4.96. The maximum Gasteiger partial charge on any atom is 0.240 e. The van der Waals surface area contributed by atoms with Gasteiger partial charge in [-0.3, -0.25) is 4.79 Å². The largest absolute Gasteiger partial charge is 0.340 e. The van der Waals surface area contributed by atoms with E-state index in [9.17, 15) is 9.18 Å². The molecule has 3 unspecified atom stereocenters. The second-order valence-electron chi connectivity index (χ2n) is 7.07. The third-order valence-electron chi connectivity index (χ3n) is 5.23. The molecule has 2 aromatic carbocycles. The Bertz CT molecular complexity index is 752. The average molecular weight is 370 g/mol. The Morgan fingerprint density at radius 2 is 1.77 bits per heavy atom. The van der Waals surface area contributed by atoms with Crippen LogP contribution in [0.3, 0.4) is 0 Å². The number of hydrogen-bond donors (Lipinski definition) is 1. The number of thioether (sulfide) groups is 1. The van der Waals surface area contributed by atoms with Crippen molar-refractivity contribution >= 4 is 17.7 Å². The van der Waals surface area contributed by atoms with Crippen molar-refractivity contribution in [2.45, 2.75) is 41.5 Å². The summed E-state index contributed by atoms with van der Waals surface area (Å²) in [5.74, 6) is -0.105. The van der Waals surface area contributed by atoms with Crippen LogP contribution >= 0.6 is 11.8 Å². The molecule has 26 heavy (non-hydrogen) atoms. The molecule has 0 aliphatic carbocycles. The molecule has 3 nitrogen and oxygen atoms in total. The van der Waals surface area contributed by atoms with Gasteiger partial charge in [0.2, 0.25) is 5.91 Å². The molecule has 2 saturated heterocycles. The van der Waals surface area contributed by atoms with E-state index in [0.29, 0.717) is 12.1 Å². The van der Waals surface area contributed by atoms with Crippen molar-refractivity contribution in [3.8, 4) is 0 Å². The molecule has 2 fully saturated rings. The summed E-state index contributed by atoms with van der Waals surface area (Å²) in [7, 11) is 0. The smallest absolute Gasteiger partial charge is 0.240 e. The molecule has 1 amide bonds. The maximum atomic E-state index is 13.4. The summed E-state index contributed by atoms with van der Waals surface area (Å²) >= 11 is 1.50. The van der Waals surface area contributed by atoms with E-state index in [-0.39, 0.29) is 17.0 Å². The van der Waals surface area contributed by atoms with Gasteiger partial charge in [0, 0.05) is 30.1 Å². The molecule has 3 atom stereocenters. The molecule has 2 aromatic rings. The first-order chi connectivity index (χ1) is 12.7. The van der Waals surface area contributed by atoms with E-state index in [1.165, 1.54) is 30.3 Å². The third-order valence-corrected chi connectivity index (χ3v) is 6.48. The first-order valence-electron chi connectivity index (χ1n) is 9.21. The molecule has 136 valence electrons. The number of hydrogen-bond acceptors (Lipinski definition) is 3. The van der Waals surface area contributed by atoms with E-state index in [4.69, 9.17) is 0 Å². The summed E-state index contributed by atoms with van der Waals surface area (Å²) in [6, 6.07) is 17.2. The summed E-state index contributed by atoms with van der Waals surface area (Å²) < 4.78 is 13.2. The van der Waals surface area contributed by atoms with E-state index in [2.05, 4.69) is 5.32 Å². The van der Waals surface area contributed by atoms with Crippen molar-refractivity contribution in [2.24, 2.45) is 0 Å². The highest BCUT2D eigenvalue weighted by Crippen LogP contribution is 2.37. The highest BCUT2D eigenvalue weighted by Gasteiger charge is 2.34. The van der Waals surface area contributed by atoms with Gasteiger partial charge in [-0.05, 0) is 49.1 Å². The molecule has 2 aliphatic heterocycles. The van der Waals surface area contributed by atoms with Gasteiger partial charge in [0.15, 0.2) is 0 Å². The number of fused-ring (bicyclic) bond motifs is 2. The van der Waals surface area contributed by atoms with Crippen molar-refractivity contribution in [1.82, 2.24) is 10.2 Å². The predicted octanol–water partition coefficient (Wildman–Crippen LogP) is 4.01. The summed E-state index contributed by atoms with van der Waals surface area (Å²) in [5.41, 5.74) is 0.995. The van der Waals surface area contributed by atoms with Crippen LogP contribution in [0.15, 0.2) is 59.5 Å². The van der Waals surface area contributed by atoms with Crippen molar-refractivity contribution in [3.63, 3.8) is 0 Å². The lowest BCUT2D eigenvalue weighted by Crippen LogP contribution is -2.40. The Kier molecular flexibility index (Phi) is 5.27. The fraction of sp³-hybridized carbons (Fsp3) is 0.381. The number of likely N-dealkylation sites (tertiary alicyclic amines) is 1. The standard InChI is InChI=1S/C21H23FN2OS/c22-16-6-10-19(11-7-16)26-20(15-4-2-1-3-5-15)21(25)24-13-12-17-8-9-18(14-24)23-17/h1-7,10-11,17-18,20,23H,8-9,12-14H2. The highest BCUT2D eigenvalue weighted by molar-refractivity contribution is 8.00. The molecular formula is C21H23FN2OS. The van der Waals surface area contributed by atoms with Gasteiger partial charge in [-0.25, -0.2) is 4.39 Å². The molecule has 2 bridgehead atoms. The number of amides is 1. The van der Waals surface area contributed by atoms with Gasteiger partial charge in [-0.2, -0.15) is 0 Å². The number of rotatable bonds is 4. The van der Waals surface area contributed by atoms with Crippen LogP contribution in [0.5, 0.6) is 0 Å². The first-order valence-corrected chi connectivity index (χ1v) is 10.1. The first kappa shape index (κ1) is 17.6. The summed E-state index contributed by atoms with van der Waals surface area (Å²) in [5, 5.41) is 3.32. The molecule has 4 rings (SSSR count). The van der Waals surface area contributed by atoms with Crippen LogP contribution in [0.2, 0.25) is 0 Å². The van der Waals surface area contributed by atoms with Crippen LogP contribution in [0.25, 0.3) is 0 Å². The van der Waals surface area contributed by atoms with E-state index in [1.54, 1.807) is 12.1 Å². The van der Waals surface area contributed by atoms with Gasteiger partial charge in [0.05, 0.1) is 0 Å². The lowest BCUT2D eigenvalue weighted by atomic mass is 10.1. The third kappa shape index (κ3) is 3.94. The maximum absolute atomic E-state index is 13.4. The molecule has 2 aliphatic rings. The Labute approximate surface area is 158 Å². The minimum Gasteiger partial charge on any atom is -0.340 e. The topological polar surface area (TPSA) is 32.3 Å². The van der Waals surface area contributed by atoms with Crippen LogP contribution in [-0.4, -0.2) is 36.0 Å². The normalized spacial score (nSPS) is 23.5. The summed E-state index contributed by atoms with van der Waals surface area (Å²) in [4.78, 5) is 16.3. The van der Waals surface area contributed by atoms with Gasteiger partial charge < -0.3 is 10.2 Å². The minimum atomic E-state index is -0.307. The summed E-state index contributed by atoms with van der Waals surface area (Å²) in [6.45, 7) is 1.59. The molecule has 1 N–H and O–H groups in total. The van der Waals surface area contributed by atoms with Gasteiger partial charge in [-0.1, -0.05) is 30.3 Å². The SMILES string of the molecule is O=C(C(Sc1ccc(F)cc1)c1ccccc1)N1CCC2CCC(C1)N2. The van der Waals surface area contributed by atoms with Crippen molar-refractivity contribution in [3.05, 3.63) is 66.0 Å². The fourth-order valence-electron chi connectivity index (χ4n) is 3.85. The number of carbonyl (C=O) groups excluding carboxylic acids is 1. The van der Waals surface area contributed by atoms with Gasteiger partial charge in [0.25, 0.3) is 0 Å². The molecule has 0 spiro atoms. The van der Waals surface area contributed by atoms with Crippen LogP contribution in [-0.2, 0) is 4.79 Å². The number of nitrogens with one attached hydrogen (secondary N) is 1. The van der Waals surface area contributed by atoms with Gasteiger partial charge in [0.1, 0.15) is 11.1 Å². The van der Waals surface area contributed by atoms with Crippen molar-refractivity contribution in [2.75, 3.05) is 13.1 Å². The number of carbonyl (C=O) groups is 1. The molecule has 0 radical (unpaired) electrons.